The Balaban J connectivity index is 2.23. The van der Waals surface area contributed by atoms with Gasteiger partial charge >= 0.3 is 0 Å². The van der Waals surface area contributed by atoms with E-state index in [2.05, 4.69) is 43.1 Å². The van der Waals surface area contributed by atoms with E-state index in [1.807, 2.05) is 0 Å². The van der Waals surface area contributed by atoms with E-state index in [4.69, 9.17) is 5.73 Å². The van der Waals surface area contributed by atoms with E-state index in [9.17, 15) is 0 Å². The van der Waals surface area contributed by atoms with Crippen molar-refractivity contribution in [2.24, 2.45) is 5.73 Å². The van der Waals surface area contributed by atoms with E-state index in [0.29, 0.717) is 0 Å². The van der Waals surface area contributed by atoms with Gasteiger partial charge in [0.1, 0.15) is 0 Å². The second-order valence-electron chi connectivity index (χ2n) is 4.54. The van der Waals surface area contributed by atoms with Gasteiger partial charge in [-0.15, -0.1) is 0 Å². The fraction of sp³-hybridized carbons (Fsp3) is 0.571. The Hall–Kier alpha value is -0.860. The summed E-state index contributed by atoms with van der Waals surface area (Å²) in [6.07, 6.45) is 3.48. The molecule has 0 atom stereocenters. The third-order valence-corrected chi connectivity index (χ3v) is 2.86. The summed E-state index contributed by atoms with van der Waals surface area (Å²) in [6, 6.07) is 8.77. The van der Waals surface area contributed by atoms with Crippen molar-refractivity contribution in [2.75, 3.05) is 26.7 Å². The quantitative estimate of drug-likeness (QED) is 0.714. The Kier molecular flexibility index (Phi) is 6.12. The molecule has 0 heterocycles. The van der Waals surface area contributed by atoms with E-state index in [1.165, 1.54) is 17.5 Å². The lowest BCUT2D eigenvalue weighted by Crippen LogP contribution is -2.23. The lowest BCUT2D eigenvalue weighted by atomic mass is 10.1. The van der Waals surface area contributed by atoms with Crippen molar-refractivity contribution in [1.29, 1.82) is 0 Å². The number of unbranched alkanes of at least 4 members (excludes halogenated alkanes) is 1. The van der Waals surface area contributed by atoms with E-state index >= 15 is 0 Å². The number of benzene rings is 1. The number of likely N-dealkylation sites (N-methyl/N-ethyl adjacent to an activating group) is 1. The molecule has 0 unspecified atom stereocenters. The Labute approximate surface area is 99.5 Å². The minimum Gasteiger partial charge on any atom is -0.330 e. The highest BCUT2D eigenvalue weighted by molar-refractivity contribution is 5.22. The summed E-state index contributed by atoms with van der Waals surface area (Å²) in [5, 5.41) is 0. The van der Waals surface area contributed by atoms with E-state index in [0.717, 1.165) is 32.5 Å². The molecular formula is C14H24N2. The molecule has 1 aromatic rings. The predicted molar refractivity (Wildman–Crippen MR) is 70.7 cm³/mol. The summed E-state index contributed by atoms with van der Waals surface area (Å²) >= 11 is 0. The molecule has 0 fully saturated rings. The average Bonchev–Trinajstić information content (AvgIpc) is 2.27. The molecule has 1 aromatic carbocycles. The summed E-state index contributed by atoms with van der Waals surface area (Å²) in [7, 11) is 2.19. The second kappa shape index (κ2) is 7.42. The molecule has 16 heavy (non-hydrogen) atoms. The number of aryl methyl sites for hydroxylation is 1. The predicted octanol–water partition coefficient (Wildman–Crippen LogP) is 2.21. The molecule has 0 aliphatic carbocycles. The Morgan fingerprint density at radius 3 is 2.69 bits per heavy atom. The highest BCUT2D eigenvalue weighted by Crippen LogP contribution is 2.05. The zero-order chi connectivity index (χ0) is 11.8. The van der Waals surface area contributed by atoms with E-state index in [-0.39, 0.29) is 0 Å². The van der Waals surface area contributed by atoms with Gasteiger partial charge in [-0.25, -0.2) is 0 Å². The van der Waals surface area contributed by atoms with Crippen molar-refractivity contribution in [3.63, 3.8) is 0 Å². The van der Waals surface area contributed by atoms with E-state index < -0.39 is 0 Å². The maximum Gasteiger partial charge on any atom is 0.00188 e. The second-order valence-corrected chi connectivity index (χ2v) is 4.54. The van der Waals surface area contributed by atoms with Gasteiger partial charge in [0.25, 0.3) is 0 Å². The van der Waals surface area contributed by atoms with Crippen LogP contribution in [-0.4, -0.2) is 31.6 Å². The van der Waals surface area contributed by atoms with Crippen LogP contribution in [0.15, 0.2) is 24.3 Å². The molecule has 0 spiro atoms. The Morgan fingerprint density at radius 1 is 1.19 bits per heavy atom. The summed E-state index contributed by atoms with van der Waals surface area (Å²) in [4.78, 5) is 2.39. The minimum absolute atomic E-state index is 0.811. The normalized spacial score (nSPS) is 11.0. The first-order valence-electron chi connectivity index (χ1n) is 6.16. The van der Waals surface area contributed by atoms with Gasteiger partial charge < -0.3 is 10.6 Å². The highest BCUT2D eigenvalue weighted by Gasteiger charge is 1.99. The molecule has 0 aromatic heterocycles. The maximum absolute atomic E-state index is 5.48. The lowest BCUT2D eigenvalue weighted by Gasteiger charge is -2.16. The number of nitrogens with zero attached hydrogens (tertiary/aromatic N) is 1. The van der Waals surface area contributed by atoms with Crippen LogP contribution in [0.4, 0.5) is 0 Å². The monoisotopic (exact) mass is 220 g/mol. The first-order valence-corrected chi connectivity index (χ1v) is 6.16. The number of hydrogen-bond donors (Lipinski definition) is 1. The summed E-state index contributed by atoms with van der Waals surface area (Å²) in [5.41, 5.74) is 8.26. The summed E-state index contributed by atoms with van der Waals surface area (Å²) < 4.78 is 0. The molecule has 2 heteroatoms. The molecule has 0 saturated carbocycles. The SMILES string of the molecule is Cc1cccc(CCN(C)CCCCN)c1. The number of rotatable bonds is 7. The molecule has 0 saturated heterocycles. The minimum atomic E-state index is 0.811. The van der Waals surface area contributed by atoms with Crippen molar-refractivity contribution >= 4 is 0 Å². The van der Waals surface area contributed by atoms with Gasteiger partial charge in [0.15, 0.2) is 0 Å². The third-order valence-electron chi connectivity index (χ3n) is 2.86. The smallest absolute Gasteiger partial charge is 0.00188 e. The Bertz CT molecular complexity index is 297. The molecule has 0 aliphatic heterocycles. The van der Waals surface area contributed by atoms with Gasteiger partial charge in [-0.3, -0.25) is 0 Å². The molecule has 2 N–H and O–H groups in total. The molecule has 2 nitrogen and oxygen atoms in total. The Morgan fingerprint density at radius 2 is 2.00 bits per heavy atom. The van der Waals surface area contributed by atoms with Crippen molar-refractivity contribution < 1.29 is 0 Å². The third kappa shape index (κ3) is 5.29. The molecule has 0 amide bonds. The van der Waals surface area contributed by atoms with Gasteiger partial charge in [-0.05, 0) is 51.9 Å². The standard InChI is InChI=1S/C14H24N2/c1-13-6-5-7-14(12-13)8-11-16(2)10-4-3-9-15/h5-7,12H,3-4,8-11,15H2,1-2H3. The number of hydrogen-bond acceptors (Lipinski definition) is 2. The van der Waals surface area contributed by atoms with Crippen LogP contribution in [-0.2, 0) is 6.42 Å². The lowest BCUT2D eigenvalue weighted by molar-refractivity contribution is 0.331. The maximum atomic E-state index is 5.48. The van der Waals surface area contributed by atoms with Crippen LogP contribution in [0.2, 0.25) is 0 Å². The van der Waals surface area contributed by atoms with Crippen molar-refractivity contribution in [3.05, 3.63) is 35.4 Å². The van der Waals surface area contributed by atoms with Gasteiger partial charge in [0.05, 0.1) is 0 Å². The summed E-state index contributed by atoms with van der Waals surface area (Å²) in [6.45, 7) is 5.25. The molecule has 0 radical (unpaired) electrons. The molecule has 0 aliphatic rings. The van der Waals surface area contributed by atoms with Crippen molar-refractivity contribution in [2.45, 2.75) is 26.2 Å². The van der Waals surface area contributed by atoms with Crippen molar-refractivity contribution in [3.8, 4) is 0 Å². The zero-order valence-corrected chi connectivity index (χ0v) is 10.6. The van der Waals surface area contributed by atoms with Crippen molar-refractivity contribution in [1.82, 2.24) is 4.90 Å². The van der Waals surface area contributed by atoms with Crippen LogP contribution >= 0.6 is 0 Å². The summed E-state index contributed by atoms with van der Waals surface area (Å²) in [5.74, 6) is 0. The molecule has 90 valence electrons. The van der Waals surface area contributed by atoms with Crippen LogP contribution in [0.25, 0.3) is 0 Å². The molecule has 0 bridgehead atoms. The van der Waals surface area contributed by atoms with Crippen LogP contribution < -0.4 is 5.73 Å². The van der Waals surface area contributed by atoms with Gasteiger partial charge in [0, 0.05) is 6.54 Å². The highest BCUT2D eigenvalue weighted by atomic mass is 15.1. The fourth-order valence-electron chi connectivity index (χ4n) is 1.83. The van der Waals surface area contributed by atoms with E-state index in [1.54, 1.807) is 0 Å². The van der Waals surface area contributed by atoms with Crippen LogP contribution in [0, 0.1) is 6.92 Å². The average molecular weight is 220 g/mol. The molecular weight excluding hydrogens is 196 g/mol. The van der Waals surface area contributed by atoms with Gasteiger partial charge in [-0.1, -0.05) is 29.8 Å². The topological polar surface area (TPSA) is 29.3 Å². The number of nitrogens with two attached hydrogens (primary N) is 1. The largest absolute Gasteiger partial charge is 0.330 e. The van der Waals surface area contributed by atoms with Crippen LogP contribution in [0.3, 0.4) is 0 Å². The molecule has 1 rings (SSSR count). The van der Waals surface area contributed by atoms with Crippen LogP contribution in [0.5, 0.6) is 0 Å². The zero-order valence-electron chi connectivity index (χ0n) is 10.6. The van der Waals surface area contributed by atoms with Gasteiger partial charge in [0.2, 0.25) is 0 Å². The first-order chi connectivity index (χ1) is 7.72. The first kappa shape index (κ1) is 13.2. The van der Waals surface area contributed by atoms with Crippen LogP contribution in [0.1, 0.15) is 24.0 Å². The fourth-order valence-corrected chi connectivity index (χ4v) is 1.83. The van der Waals surface area contributed by atoms with Gasteiger partial charge in [-0.2, -0.15) is 0 Å².